The summed E-state index contributed by atoms with van der Waals surface area (Å²) in [4.78, 5) is 11.0. The average Bonchev–Trinajstić information content (AvgIpc) is 2.04. The Morgan fingerprint density at radius 1 is 1.57 bits per heavy atom. The second-order valence-electron chi connectivity index (χ2n) is 3.33. The van der Waals surface area contributed by atoms with Crippen molar-refractivity contribution in [3.63, 3.8) is 0 Å². The van der Waals surface area contributed by atoms with Crippen LogP contribution in [-0.2, 0) is 13.5 Å². The summed E-state index contributed by atoms with van der Waals surface area (Å²) in [7, 11) is 1.50. The standard InChI is InChI=1S/C9H11F2NO2/c1-9(10,11)5-6-8(14)7(13)3-4-12(6)2/h3-4,14H,5H2,1-2H3. The number of hydrogen-bond donors (Lipinski definition) is 1. The fraction of sp³-hybridized carbons (Fsp3) is 0.444. The van der Waals surface area contributed by atoms with Crippen LogP contribution in [0.3, 0.4) is 0 Å². The molecule has 5 heteroatoms. The van der Waals surface area contributed by atoms with Crippen molar-refractivity contribution in [3.05, 3.63) is 28.2 Å². The molecule has 14 heavy (non-hydrogen) atoms. The predicted octanol–water partition coefficient (Wildman–Crippen LogP) is 1.29. The van der Waals surface area contributed by atoms with Gasteiger partial charge in [-0.2, -0.15) is 0 Å². The lowest BCUT2D eigenvalue weighted by Gasteiger charge is -2.14. The first-order valence-corrected chi connectivity index (χ1v) is 4.06. The highest BCUT2D eigenvalue weighted by Gasteiger charge is 2.25. The van der Waals surface area contributed by atoms with Gasteiger partial charge < -0.3 is 9.67 Å². The predicted molar refractivity (Wildman–Crippen MR) is 47.7 cm³/mol. The third kappa shape index (κ3) is 2.31. The summed E-state index contributed by atoms with van der Waals surface area (Å²) in [5, 5.41) is 9.28. The molecule has 1 N–H and O–H groups in total. The summed E-state index contributed by atoms with van der Waals surface area (Å²) in [5.41, 5.74) is -0.688. The Kier molecular flexibility index (Phi) is 2.59. The van der Waals surface area contributed by atoms with Gasteiger partial charge in [-0.1, -0.05) is 0 Å². The van der Waals surface area contributed by atoms with Crippen LogP contribution in [0.4, 0.5) is 8.78 Å². The largest absolute Gasteiger partial charge is 0.503 e. The van der Waals surface area contributed by atoms with Crippen LogP contribution >= 0.6 is 0 Å². The highest BCUT2D eigenvalue weighted by atomic mass is 19.3. The van der Waals surface area contributed by atoms with E-state index in [-0.39, 0.29) is 5.69 Å². The summed E-state index contributed by atoms with van der Waals surface area (Å²) < 4.78 is 26.7. The minimum atomic E-state index is -2.94. The Balaban J connectivity index is 3.20. The van der Waals surface area contributed by atoms with Gasteiger partial charge in [0, 0.05) is 19.3 Å². The van der Waals surface area contributed by atoms with Crippen LogP contribution in [0.15, 0.2) is 17.1 Å². The van der Waals surface area contributed by atoms with Crippen LogP contribution in [0.5, 0.6) is 5.75 Å². The van der Waals surface area contributed by atoms with Gasteiger partial charge in [0.25, 0.3) is 5.92 Å². The van der Waals surface area contributed by atoms with Crippen LogP contribution in [0, 0.1) is 0 Å². The Morgan fingerprint density at radius 3 is 2.64 bits per heavy atom. The van der Waals surface area contributed by atoms with Crippen molar-refractivity contribution in [1.82, 2.24) is 4.57 Å². The third-order valence-corrected chi connectivity index (χ3v) is 1.86. The van der Waals surface area contributed by atoms with Crippen LogP contribution in [0.1, 0.15) is 12.6 Å². The van der Waals surface area contributed by atoms with E-state index in [1.54, 1.807) is 0 Å². The maximum absolute atomic E-state index is 12.7. The lowest BCUT2D eigenvalue weighted by molar-refractivity contribution is 0.0201. The molecule has 0 spiro atoms. The molecule has 0 saturated carbocycles. The average molecular weight is 203 g/mol. The number of pyridine rings is 1. The van der Waals surface area contributed by atoms with E-state index < -0.39 is 23.5 Å². The molecule has 0 fully saturated rings. The van der Waals surface area contributed by atoms with E-state index in [0.717, 1.165) is 13.0 Å². The Labute approximate surface area is 79.6 Å². The van der Waals surface area contributed by atoms with Crippen molar-refractivity contribution in [1.29, 1.82) is 0 Å². The van der Waals surface area contributed by atoms with E-state index in [0.29, 0.717) is 0 Å². The molecule has 1 aromatic heterocycles. The highest BCUT2D eigenvalue weighted by molar-refractivity contribution is 5.27. The topological polar surface area (TPSA) is 42.2 Å². The van der Waals surface area contributed by atoms with E-state index in [4.69, 9.17) is 0 Å². The van der Waals surface area contributed by atoms with Gasteiger partial charge in [0.05, 0.1) is 12.1 Å². The van der Waals surface area contributed by atoms with Crippen molar-refractivity contribution in [2.24, 2.45) is 7.05 Å². The second kappa shape index (κ2) is 3.40. The zero-order chi connectivity index (χ0) is 10.9. The smallest absolute Gasteiger partial charge is 0.250 e. The molecule has 0 amide bonds. The van der Waals surface area contributed by atoms with Gasteiger partial charge in [0.1, 0.15) is 0 Å². The molecule has 78 valence electrons. The molecule has 0 unspecified atom stereocenters. The minimum Gasteiger partial charge on any atom is -0.503 e. The monoisotopic (exact) mass is 203 g/mol. The maximum Gasteiger partial charge on any atom is 0.250 e. The zero-order valence-corrected chi connectivity index (χ0v) is 7.92. The van der Waals surface area contributed by atoms with Crippen molar-refractivity contribution >= 4 is 0 Å². The van der Waals surface area contributed by atoms with Crippen LogP contribution in [-0.4, -0.2) is 15.6 Å². The van der Waals surface area contributed by atoms with Gasteiger partial charge in [-0.3, -0.25) is 4.79 Å². The number of halogens is 2. The number of aromatic nitrogens is 1. The van der Waals surface area contributed by atoms with E-state index in [1.165, 1.54) is 17.8 Å². The molecule has 0 aliphatic carbocycles. The first-order chi connectivity index (χ1) is 6.31. The third-order valence-electron chi connectivity index (χ3n) is 1.86. The van der Waals surface area contributed by atoms with Crippen molar-refractivity contribution < 1.29 is 13.9 Å². The molecule has 0 atom stereocenters. The number of hydrogen-bond acceptors (Lipinski definition) is 2. The van der Waals surface area contributed by atoms with Gasteiger partial charge in [0.15, 0.2) is 5.75 Å². The fourth-order valence-electron chi connectivity index (χ4n) is 1.16. The molecule has 1 aromatic rings. The molecule has 0 aliphatic rings. The van der Waals surface area contributed by atoms with Crippen LogP contribution < -0.4 is 5.43 Å². The number of aryl methyl sites for hydroxylation is 1. The van der Waals surface area contributed by atoms with Gasteiger partial charge in [0.2, 0.25) is 5.43 Å². The molecule has 0 bridgehead atoms. The first-order valence-electron chi connectivity index (χ1n) is 4.06. The maximum atomic E-state index is 12.7. The lowest BCUT2D eigenvalue weighted by Crippen LogP contribution is -2.19. The van der Waals surface area contributed by atoms with Crippen LogP contribution in [0.25, 0.3) is 0 Å². The molecular formula is C9H11F2NO2. The van der Waals surface area contributed by atoms with Gasteiger partial charge in [-0.25, -0.2) is 8.78 Å². The molecular weight excluding hydrogens is 192 g/mol. The molecule has 1 heterocycles. The molecule has 3 nitrogen and oxygen atoms in total. The molecule has 0 radical (unpaired) electrons. The molecule has 0 saturated heterocycles. The Bertz CT molecular complexity index is 393. The Morgan fingerprint density at radius 2 is 2.14 bits per heavy atom. The van der Waals surface area contributed by atoms with Gasteiger partial charge in [-0.05, 0) is 6.92 Å². The molecule has 1 rings (SSSR count). The summed E-state index contributed by atoms with van der Waals surface area (Å²) in [6.07, 6.45) is 0.703. The summed E-state index contributed by atoms with van der Waals surface area (Å²) in [6.45, 7) is 0.740. The van der Waals surface area contributed by atoms with E-state index in [2.05, 4.69) is 0 Å². The van der Waals surface area contributed by atoms with Crippen molar-refractivity contribution in [2.75, 3.05) is 0 Å². The van der Waals surface area contributed by atoms with E-state index in [1.807, 2.05) is 0 Å². The lowest BCUT2D eigenvalue weighted by atomic mass is 10.1. The number of rotatable bonds is 2. The number of nitrogens with zero attached hydrogens (tertiary/aromatic N) is 1. The van der Waals surface area contributed by atoms with Gasteiger partial charge >= 0.3 is 0 Å². The number of aromatic hydroxyl groups is 1. The highest BCUT2D eigenvalue weighted by Crippen LogP contribution is 2.22. The summed E-state index contributed by atoms with van der Waals surface area (Å²) in [5.74, 6) is -3.54. The SMILES string of the molecule is Cn1ccc(=O)c(O)c1CC(C)(F)F. The second-order valence-corrected chi connectivity index (χ2v) is 3.33. The molecule has 0 aliphatic heterocycles. The van der Waals surface area contributed by atoms with Crippen molar-refractivity contribution in [2.45, 2.75) is 19.3 Å². The van der Waals surface area contributed by atoms with E-state index >= 15 is 0 Å². The van der Waals surface area contributed by atoms with Crippen LogP contribution in [0.2, 0.25) is 0 Å². The summed E-state index contributed by atoms with van der Waals surface area (Å²) >= 11 is 0. The fourth-order valence-corrected chi connectivity index (χ4v) is 1.16. The van der Waals surface area contributed by atoms with Crippen molar-refractivity contribution in [3.8, 4) is 5.75 Å². The van der Waals surface area contributed by atoms with E-state index in [9.17, 15) is 18.7 Å². The minimum absolute atomic E-state index is 0.0509. The summed E-state index contributed by atoms with van der Waals surface area (Å²) in [6, 6.07) is 1.13. The first kappa shape index (κ1) is 10.7. The Hall–Kier alpha value is -1.39. The normalized spacial score (nSPS) is 11.7. The zero-order valence-electron chi connectivity index (χ0n) is 7.92. The number of alkyl halides is 2. The quantitative estimate of drug-likeness (QED) is 0.786. The molecule has 0 aromatic carbocycles. The van der Waals surface area contributed by atoms with Gasteiger partial charge in [-0.15, -0.1) is 0 Å².